The van der Waals surface area contributed by atoms with Gasteiger partial charge in [0.05, 0.1) is 18.9 Å². The number of carbonyl (C=O) groups excluding carboxylic acids is 2. The van der Waals surface area contributed by atoms with Crippen LogP contribution < -0.4 is 19.6 Å². The van der Waals surface area contributed by atoms with Crippen LogP contribution in [0.2, 0.25) is 5.02 Å². The largest absolute Gasteiger partial charge is 0.497 e. The van der Waals surface area contributed by atoms with Crippen LogP contribution in [0.4, 0.5) is 0 Å². The van der Waals surface area contributed by atoms with E-state index in [4.69, 9.17) is 25.8 Å². The maximum Gasteiger partial charge on any atom is 0.343 e. The first-order valence-electron chi connectivity index (χ1n) is 11.4. The van der Waals surface area contributed by atoms with Crippen LogP contribution in [0.1, 0.15) is 31.8 Å². The first-order valence-corrected chi connectivity index (χ1v) is 12.5. The second-order valence-corrected chi connectivity index (χ2v) is 9.29. The SMILES string of the molecule is COc1ccc(C(=O)Oc2ccc(Br)cc2/C=N\NC(=O)c2ccc(OCc3ccc(Cl)cc3)cc2)cc1. The molecule has 4 aromatic rings. The van der Waals surface area contributed by atoms with E-state index >= 15 is 0 Å². The number of esters is 1. The molecule has 192 valence electrons. The number of amides is 1. The third kappa shape index (κ3) is 7.44. The topological polar surface area (TPSA) is 86.2 Å². The van der Waals surface area contributed by atoms with Crippen molar-refractivity contribution in [3.8, 4) is 17.2 Å². The van der Waals surface area contributed by atoms with Crippen LogP contribution in [0.25, 0.3) is 0 Å². The van der Waals surface area contributed by atoms with Crippen LogP contribution in [0.3, 0.4) is 0 Å². The molecule has 0 aromatic heterocycles. The molecule has 0 saturated carbocycles. The van der Waals surface area contributed by atoms with E-state index in [0.717, 1.165) is 10.0 Å². The fourth-order valence-electron chi connectivity index (χ4n) is 3.27. The summed E-state index contributed by atoms with van der Waals surface area (Å²) in [6.45, 7) is 0.380. The molecule has 4 rings (SSSR count). The van der Waals surface area contributed by atoms with Gasteiger partial charge in [0, 0.05) is 20.6 Å². The number of benzene rings is 4. The summed E-state index contributed by atoms with van der Waals surface area (Å²) in [5.74, 6) is 0.602. The predicted octanol–water partition coefficient (Wildman–Crippen LogP) is 6.67. The Morgan fingerprint density at radius 2 is 1.55 bits per heavy atom. The van der Waals surface area contributed by atoms with Gasteiger partial charge in [0.1, 0.15) is 23.9 Å². The Kier molecular flexibility index (Phi) is 9.13. The molecule has 0 radical (unpaired) electrons. The van der Waals surface area contributed by atoms with Gasteiger partial charge in [-0.15, -0.1) is 0 Å². The van der Waals surface area contributed by atoms with Crippen molar-refractivity contribution in [1.82, 2.24) is 5.43 Å². The standard InChI is InChI=1S/C29H22BrClN2O5/c1-36-25-11-6-21(7-12-25)29(35)38-27-15-8-23(30)16-22(27)17-32-33-28(34)20-4-13-26(14-5-20)37-18-19-2-9-24(31)10-3-19/h2-17H,18H2,1H3,(H,33,34)/b32-17-. The average Bonchev–Trinajstić information content (AvgIpc) is 2.94. The summed E-state index contributed by atoms with van der Waals surface area (Å²) in [4.78, 5) is 25.1. The summed E-state index contributed by atoms with van der Waals surface area (Å²) < 4.78 is 17.2. The smallest absolute Gasteiger partial charge is 0.343 e. The molecule has 0 heterocycles. The Balaban J connectivity index is 1.36. The van der Waals surface area contributed by atoms with Gasteiger partial charge in [0.2, 0.25) is 0 Å². The zero-order valence-electron chi connectivity index (χ0n) is 20.2. The molecule has 0 spiro atoms. The molecule has 0 aliphatic carbocycles. The molecule has 1 N–H and O–H groups in total. The molecule has 0 bridgehead atoms. The van der Waals surface area contributed by atoms with E-state index in [2.05, 4.69) is 26.5 Å². The van der Waals surface area contributed by atoms with Crippen LogP contribution in [-0.2, 0) is 6.61 Å². The van der Waals surface area contributed by atoms with Crippen molar-refractivity contribution in [1.29, 1.82) is 0 Å². The lowest BCUT2D eigenvalue weighted by molar-refractivity contribution is 0.0734. The van der Waals surface area contributed by atoms with Gasteiger partial charge in [-0.25, -0.2) is 10.2 Å². The predicted molar refractivity (Wildman–Crippen MR) is 149 cm³/mol. The Labute approximate surface area is 233 Å². The highest BCUT2D eigenvalue weighted by molar-refractivity contribution is 9.10. The van der Waals surface area contributed by atoms with Crippen molar-refractivity contribution in [2.75, 3.05) is 7.11 Å². The van der Waals surface area contributed by atoms with Crippen molar-refractivity contribution < 1.29 is 23.8 Å². The third-order valence-corrected chi connectivity index (χ3v) is 6.05. The molecule has 1 amide bonds. The lowest BCUT2D eigenvalue weighted by atomic mass is 10.2. The molecule has 0 fully saturated rings. The number of hydrogen-bond acceptors (Lipinski definition) is 6. The van der Waals surface area contributed by atoms with E-state index in [1.54, 1.807) is 86.0 Å². The number of methoxy groups -OCH3 is 1. The van der Waals surface area contributed by atoms with E-state index in [-0.39, 0.29) is 5.75 Å². The number of nitrogens with one attached hydrogen (secondary N) is 1. The van der Waals surface area contributed by atoms with Crippen LogP contribution in [0.5, 0.6) is 17.2 Å². The number of nitrogens with zero attached hydrogens (tertiary/aromatic N) is 1. The van der Waals surface area contributed by atoms with Gasteiger partial charge >= 0.3 is 5.97 Å². The van der Waals surface area contributed by atoms with Crippen LogP contribution >= 0.6 is 27.5 Å². The fourth-order valence-corrected chi connectivity index (χ4v) is 3.78. The van der Waals surface area contributed by atoms with E-state index in [1.165, 1.54) is 6.21 Å². The van der Waals surface area contributed by atoms with Crippen molar-refractivity contribution in [3.05, 3.63) is 123 Å². The highest BCUT2D eigenvalue weighted by Gasteiger charge is 2.12. The molecule has 0 atom stereocenters. The highest BCUT2D eigenvalue weighted by Crippen LogP contribution is 2.23. The number of halogens is 2. The van der Waals surface area contributed by atoms with Gasteiger partial charge in [0.15, 0.2) is 0 Å². The van der Waals surface area contributed by atoms with E-state index in [0.29, 0.717) is 39.8 Å². The summed E-state index contributed by atoms with van der Waals surface area (Å²) in [7, 11) is 1.55. The maximum absolute atomic E-state index is 12.6. The van der Waals surface area contributed by atoms with Gasteiger partial charge in [-0.3, -0.25) is 4.79 Å². The Hall–Kier alpha value is -4.14. The Morgan fingerprint density at radius 1 is 0.895 bits per heavy atom. The summed E-state index contributed by atoms with van der Waals surface area (Å²) in [6.07, 6.45) is 1.41. The van der Waals surface area contributed by atoms with Gasteiger partial charge in [-0.2, -0.15) is 5.10 Å². The quantitative estimate of drug-likeness (QED) is 0.101. The van der Waals surface area contributed by atoms with Crippen LogP contribution in [-0.4, -0.2) is 25.2 Å². The van der Waals surface area contributed by atoms with Crippen LogP contribution in [0.15, 0.2) is 101 Å². The summed E-state index contributed by atoms with van der Waals surface area (Å²) in [6, 6.07) is 25.8. The number of hydrazone groups is 1. The molecule has 0 saturated heterocycles. The lowest BCUT2D eigenvalue weighted by Gasteiger charge is -2.09. The van der Waals surface area contributed by atoms with Crippen molar-refractivity contribution >= 4 is 45.6 Å². The second-order valence-electron chi connectivity index (χ2n) is 7.94. The van der Waals surface area contributed by atoms with E-state index in [1.807, 2.05) is 12.1 Å². The molecule has 0 aliphatic heterocycles. The molecule has 9 heteroatoms. The van der Waals surface area contributed by atoms with Crippen LogP contribution in [0, 0.1) is 0 Å². The van der Waals surface area contributed by atoms with Gasteiger partial charge in [-0.1, -0.05) is 39.7 Å². The maximum atomic E-state index is 12.6. The fraction of sp³-hybridized carbons (Fsp3) is 0.0690. The second kappa shape index (κ2) is 12.9. The first-order chi connectivity index (χ1) is 18.4. The number of carbonyl (C=O) groups is 2. The van der Waals surface area contributed by atoms with Gasteiger partial charge in [-0.05, 0) is 84.4 Å². The minimum atomic E-state index is -0.535. The normalized spacial score (nSPS) is 10.7. The molecule has 38 heavy (non-hydrogen) atoms. The lowest BCUT2D eigenvalue weighted by Crippen LogP contribution is -2.17. The Morgan fingerprint density at radius 3 is 2.24 bits per heavy atom. The van der Waals surface area contributed by atoms with Crippen molar-refractivity contribution in [3.63, 3.8) is 0 Å². The summed E-state index contributed by atoms with van der Waals surface area (Å²) in [5, 5.41) is 4.70. The van der Waals surface area contributed by atoms with Gasteiger partial charge in [0.25, 0.3) is 5.91 Å². The molecular weight excluding hydrogens is 572 g/mol. The molecule has 0 aliphatic rings. The average molecular weight is 594 g/mol. The van der Waals surface area contributed by atoms with E-state index in [9.17, 15) is 9.59 Å². The highest BCUT2D eigenvalue weighted by atomic mass is 79.9. The van der Waals surface area contributed by atoms with Crippen molar-refractivity contribution in [2.24, 2.45) is 5.10 Å². The van der Waals surface area contributed by atoms with Crippen molar-refractivity contribution in [2.45, 2.75) is 6.61 Å². The molecular formula is C29H22BrClN2O5. The Bertz CT molecular complexity index is 1440. The van der Waals surface area contributed by atoms with E-state index < -0.39 is 11.9 Å². The minimum Gasteiger partial charge on any atom is -0.497 e. The number of ether oxygens (including phenoxy) is 3. The zero-order valence-corrected chi connectivity index (χ0v) is 22.5. The van der Waals surface area contributed by atoms with Gasteiger partial charge < -0.3 is 14.2 Å². The first kappa shape index (κ1) is 26.9. The summed E-state index contributed by atoms with van der Waals surface area (Å²) >= 11 is 9.30. The number of hydrogen-bond donors (Lipinski definition) is 1. The molecule has 7 nitrogen and oxygen atoms in total. The number of rotatable bonds is 9. The summed E-state index contributed by atoms with van der Waals surface area (Å²) in [5.41, 5.74) is 4.72. The molecule has 4 aromatic carbocycles. The monoisotopic (exact) mass is 592 g/mol. The zero-order chi connectivity index (χ0) is 26.9. The molecule has 0 unspecified atom stereocenters. The third-order valence-electron chi connectivity index (χ3n) is 5.31. The minimum absolute atomic E-state index is 0.286.